The lowest BCUT2D eigenvalue weighted by atomic mass is 9.87. The molecule has 2 fully saturated rings. The normalized spacial score (nSPS) is 20.7. The van der Waals surface area contributed by atoms with Crippen LogP contribution in [0.15, 0.2) is 41.3 Å². The van der Waals surface area contributed by atoms with Crippen LogP contribution in [-0.2, 0) is 20.2 Å². The predicted octanol–water partition coefficient (Wildman–Crippen LogP) is 3.85. The summed E-state index contributed by atoms with van der Waals surface area (Å²) in [4.78, 5) is 17.3. The molecule has 33 heavy (non-hydrogen) atoms. The molecule has 2 aliphatic heterocycles. The minimum Gasteiger partial charge on any atom is -0.369 e. The van der Waals surface area contributed by atoms with Crippen LogP contribution in [0.3, 0.4) is 0 Å². The molecule has 0 aromatic heterocycles. The van der Waals surface area contributed by atoms with E-state index in [4.69, 9.17) is 0 Å². The van der Waals surface area contributed by atoms with Gasteiger partial charge in [-0.2, -0.15) is 4.31 Å². The Kier molecular flexibility index (Phi) is 5.33. The second kappa shape index (κ2) is 7.84. The average Bonchev–Trinajstić information content (AvgIpc) is 3.60. The van der Waals surface area contributed by atoms with E-state index in [-0.39, 0.29) is 17.2 Å². The second-order valence-electron chi connectivity index (χ2n) is 10.4. The van der Waals surface area contributed by atoms with Gasteiger partial charge in [-0.1, -0.05) is 26.0 Å². The predicted molar refractivity (Wildman–Crippen MR) is 131 cm³/mol. The van der Waals surface area contributed by atoms with E-state index in [1.807, 2.05) is 17.0 Å². The Hall–Kier alpha value is -2.38. The second-order valence-corrected chi connectivity index (χ2v) is 12.3. The third-order valence-corrected chi connectivity index (χ3v) is 9.42. The van der Waals surface area contributed by atoms with Gasteiger partial charge in [0, 0.05) is 55.4 Å². The van der Waals surface area contributed by atoms with Gasteiger partial charge < -0.3 is 9.80 Å². The van der Waals surface area contributed by atoms with E-state index in [0.717, 1.165) is 24.1 Å². The van der Waals surface area contributed by atoms with E-state index in [0.29, 0.717) is 37.6 Å². The highest BCUT2D eigenvalue weighted by atomic mass is 32.2. The van der Waals surface area contributed by atoms with Crippen molar-refractivity contribution in [3.8, 4) is 0 Å². The van der Waals surface area contributed by atoms with Crippen LogP contribution in [0.5, 0.6) is 0 Å². The van der Waals surface area contributed by atoms with Crippen LogP contribution < -0.4 is 9.80 Å². The first kappa shape index (κ1) is 22.4. The first-order valence-electron chi connectivity index (χ1n) is 11.9. The standard InChI is InChI=1S/C26H33N3O3S/c1-18-6-5-7-23(19(18)2)27-12-14-28(15-13-27)33(31,32)21-10-11-24-22(16-21)26(3,4)17-29(24)25(30)20-8-9-20/h5-7,10-11,16,20H,8-9,12-15,17H2,1-4H3. The minimum atomic E-state index is -3.60. The minimum absolute atomic E-state index is 0.142. The molecule has 3 aliphatic rings. The van der Waals surface area contributed by atoms with Gasteiger partial charge in [-0.05, 0) is 67.6 Å². The van der Waals surface area contributed by atoms with Crippen LogP contribution in [0.1, 0.15) is 43.4 Å². The molecule has 1 amide bonds. The van der Waals surface area contributed by atoms with E-state index in [9.17, 15) is 13.2 Å². The summed E-state index contributed by atoms with van der Waals surface area (Å²) in [5, 5.41) is 0. The molecular weight excluding hydrogens is 434 g/mol. The lowest BCUT2D eigenvalue weighted by molar-refractivity contribution is -0.119. The third kappa shape index (κ3) is 3.85. The van der Waals surface area contributed by atoms with Gasteiger partial charge in [-0.25, -0.2) is 8.42 Å². The Morgan fingerprint density at radius 1 is 0.970 bits per heavy atom. The molecule has 0 unspecified atom stereocenters. The highest BCUT2D eigenvalue weighted by Gasteiger charge is 2.43. The number of nitrogens with zero attached hydrogens (tertiary/aromatic N) is 3. The van der Waals surface area contributed by atoms with Crippen LogP contribution in [0.2, 0.25) is 0 Å². The SMILES string of the molecule is Cc1cccc(N2CCN(S(=O)(=O)c3ccc4c(c3)C(C)(C)CN4C(=O)C3CC3)CC2)c1C. The van der Waals surface area contributed by atoms with E-state index < -0.39 is 10.0 Å². The summed E-state index contributed by atoms with van der Waals surface area (Å²) in [5.74, 6) is 0.323. The van der Waals surface area contributed by atoms with Crippen molar-refractivity contribution in [2.75, 3.05) is 42.5 Å². The molecule has 1 aliphatic carbocycles. The van der Waals surface area contributed by atoms with Crippen molar-refractivity contribution in [3.63, 3.8) is 0 Å². The molecule has 2 heterocycles. The largest absolute Gasteiger partial charge is 0.369 e. The highest BCUT2D eigenvalue weighted by Crippen LogP contribution is 2.44. The highest BCUT2D eigenvalue weighted by molar-refractivity contribution is 7.89. The molecule has 1 saturated heterocycles. The Morgan fingerprint density at radius 3 is 2.33 bits per heavy atom. The number of anilines is 2. The summed E-state index contributed by atoms with van der Waals surface area (Å²) in [6.45, 7) is 11.3. The van der Waals surface area contributed by atoms with Crippen LogP contribution in [0.25, 0.3) is 0 Å². The van der Waals surface area contributed by atoms with Crippen molar-refractivity contribution in [1.29, 1.82) is 0 Å². The van der Waals surface area contributed by atoms with E-state index >= 15 is 0 Å². The number of sulfonamides is 1. The molecule has 0 bridgehead atoms. The summed E-state index contributed by atoms with van der Waals surface area (Å²) in [6, 6.07) is 11.6. The summed E-state index contributed by atoms with van der Waals surface area (Å²) in [7, 11) is -3.60. The summed E-state index contributed by atoms with van der Waals surface area (Å²) in [6.07, 6.45) is 1.93. The lowest BCUT2D eigenvalue weighted by Gasteiger charge is -2.36. The van der Waals surface area contributed by atoms with Gasteiger partial charge >= 0.3 is 0 Å². The number of carbonyl (C=O) groups is 1. The maximum absolute atomic E-state index is 13.5. The van der Waals surface area contributed by atoms with Crippen LogP contribution in [-0.4, -0.2) is 51.4 Å². The van der Waals surface area contributed by atoms with Crippen molar-refractivity contribution in [2.24, 2.45) is 5.92 Å². The summed E-state index contributed by atoms with van der Waals surface area (Å²) >= 11 is 0. The maximum Gasteiger partial charge on any atom is 0.243 e. The van der Waals surface area contributed by atoms with E-state index in [2.05, 4.69) is 50.8 Å². The molecule has 2 aromatic carbocycles. The number of rotatable bonds is 4. The van der Waals surface area contributed by atoms with Gasteiger partial charge in [0.15, 0.2) is 0 Å². The molecule has 5 rings (SSSR count). The number of hydrogen-bond donors (Lipinski definition) is 0. The smallest absolute Gasteiger partial charge is 0.243 e. The Morgan fingerprint density at radius 2 is 1.67 bits per heavy atom. The number of fused-ring (bicyclic) bond motifs is 1. The van der Waals surface area contributed by atoms with Crippen molar-refractivity contribution >= 4 is 27.3 Å². The Labute approximate surface area is 197 Å². The first-order valence-corrected chi connectivity index (χ1v) is 13.3. The molecular formula is C26H33N3O3S. The number of hydrogen-bond acceptors (Lipinski definition) is 4. The van der Waals surface area contributed by atoms with Gasteiger partial charge in [0.05, 0.1) is 4.90 Å². The molecule has 0 atom stereocenters. The quantitative estimate of drug-likeness (QED) is 0.685. The number of carbonyl (C=O) groups excluding carboxylic acids is 1. The molecule has 176 valence electrons. The van der Waals surface area contributed by atoms with Crippen molar-refractivity contribution in [1.82, 2.24) is 4.31 Å². The lowest BCUT2D eigenvalue weighted by Crippen LogP contribution is -2.48. The molecule has 6 nitrogen and oxygen atoms in total. The van der Waals surface area contributed by atoms with Gasteiger partial charge in [-0.15, -0.1) is 0 Å². The van der Waals surface area contributed by atoms with Gasteiger partial charge in [0.1, 0.15) is 0 Å². The summed E-state index contributed by atoms with van der Waals surface area (Å²) < 4.78 is 28.6. The zero-order chi connectivity index (χ0) is 23.5. The Bertz CT molecular complexity index is 1210. The van der Waals surface area contributed by atoms with Crippen molar-refractivity contribution in [2.45, 2.75) is 50.8 Å². The zero-order valence-corrected chi connectivity index (χ0v) is 20.8. The fourth-order valence-electron chi connectivity index (χ4n) is 5.16. The van der Waals surface area contributed by atoms with Crippen LogP contribution in [0, 0.1) is 19.8 Å². The number of benzene rings is 2. The van der Waals surface area contributed by atoms with Gasteiger partial charge in [0.2, 0.25) is 15.9 Å². The Balaban J connectivity index is 1.37. The molecule has 0 spiro atoms. The fourth-order valence-corrected chi connectivity index (χ4v) is 6.61. The van der Waals surface area contributed by atoms with Crippen molar-refractivity contribution < 1.29 is 13.2 Å². The molecule has 0 radical (unpaired) electrons. The third-order valence-electron chi connectivity index (χ3n) is 7.53. The number of amides is 1. The van der Waals surface area contributed by atoms with E-state index in [1.165, 1.54) is 16.8 Å². The molecule has 1 saturated carbocycles. The monoisotopic (exact) mass is 467 g/mol. The van der Waals surface area contributed by atoms with Crippen molar-refractivity contribution in [3.05, 3.63) is 53.1 Å². The number of aryl methyl sites for hydroxylation is 1. The van der Waals surface area contributed by atoms with E-state index in [1.54, 1.807) is 10.4 Å². The fraction of sp³-hybridized carbons (Fsp3) is 0.500. The van der Waals surface area contributed by atoms with Gasteiger partial charge in [-0.3, -0.25) is 4.79 Å². The summed E-state index contributed by atoms with van der Waals surface area (Å²) in [5.41, 5.74) is 5.23. The van der Waals surface area contributed by atoms with Crippen LogP contribution in [0.4, 0.5) is 11.4 Å². The molecule has 0 N–H and O–H groups in total. The number of piperazine rings is 1. The van der Waals surface area contributed by atoms with Crippen LogP contribution >= 0.6 is 0 Å². The molecule has 2 aromatic rings. The zero-order valence-electron chi connectivity index (χ0n) is 20.0. The molecule has 7 heteroatoms. The maximum atomic E-state index is 13.5. The van der Waals surface area contributed by atoms with Gasteiger partial charge in [0.25, 0.3) is 0 Å². The average molecular weight is 468 g/mol. The topological polar surface area (TPSA) is 60.9 Å². The first-order chi connectivity index (χ1) is 15.6.